The summed E-state index contributed by atoms with van der Waals surface area (Å²) in [5.41, 5.74) is 5.77. The van der Waals surface area contributed by atoms with Gasteiger partial charge in [-0.05, 0) is 53.1 Å². The van der Waals surface area contributed by atoms with Gasteiger partial charge in [-0.1, -0.05) is 42.5 Å². The molecule has 0 fully saturated rings. The van der Waals surface area contributed by atoms with Crippen molar-refractivity contribution in [1.29, 1.82) is 0 Å². The number of nitrogens with zero attached hydrogens (tertiary/aromatic N) is 2. The molecule has 0 saturated heterocycles. The van der Waals surface area contributed by atoms with Crippen LogP contribution in [0.2, 0.25) is 0 Å². The minimum Gasteiger partial charge on any atom is -0.497 e. The van der Waals surface area contributed by atoms with Crippen LogP contribution in [0.5, 0.6) is 11.5 Å². The molecule has 3 N–H and O–H groups in total. The highest BCUT2D eigenvalue weighted by Crippen LogP contribution is 2.16. The Kier molecular flexibility index (Phi) is 9.66. The first kappa shape index (κ1) is 26.9. The fourth-order valence-electron chi connectivity index (χ4n) is 3.52. The number of rotatable bonds is 12. The SMILES string of the molecule is COc1ccc(COc2ccc(/C=N\NC(=O)[C@@H](Cc3cnc[nH]3)NC(=O)OCc3ccccc3)cc2)cc1. The quantitative estimate of drug-likeness (QED) is 0.189. The maximum Gasteiger partial charge on any atom is 0.408 e. The maximum atomic E-state index is 12.8. The minimum atomic E-state index is -0.931. The Morgan fingerprint density at radius 3 is 2.36 bits per heavy atom. The number of methoxy groups -OCH3 is 1. The molecule has 10 nitrogen and oxygen atoms in total. The van der Waals surface area contributed by atoms with Crippen LogP contribution in [0.25, 0.3) is 0 Å². The first-order valence-electron chi connectivity index (χ1n) is 12.2. The molecule has 1 aromatic heterocycles. The van der Waals surface area contributed by atoms with Crippen LogP contribution in [0.1, 0.15) is 22.4 Å². The number of imidazole rings is 1. The van der Waals surface area contributed by atoms with Crippen LogP contribution in [-0.2, 0) is 29.2 Å². The number of benzene rings is 3. The van der Waals surface area contributed by atoms with E-state index < -0.39 is 18.0 Å². The van der Waals surface area contributed by atoms with Crippen molar-refractivity contribution in [2.45, 2.75) is 25.7 Å². The van der Waals surface area contributed by atoms with Gasteiger partial charge in [0.1, 0.15) is 30.8 Å². The van der Waals surface area contributed by atoms with E-state index in [9.17, 15) is 9.59 Å². The molecule has 0 radical (unpaired) electrons. The number of H-pyrrole nitrogens is 1. The Morgan fingerprint density at radius 2 is 1.67 bits per heavy atom. The lowest BCUT2D eigenvalue weighted by atomic mass is 10.1. The molecule has 10 heteroatoms. The first-order chi connectivity index (χ1) is 19.1. The lowest BCUT2D eigenvalue weighted by Gasteiger charge is -2.16. The van der Waals surface area contributed by atoms with E-state index in [-0.39, 0.29) is 13.0 Å². The molecule has 4 rings (SSSR count). The van der Waals surface area contributed by atoms with Crippen molar-refractivity contribution in [3.8, 4) is 11.5 Å². The van der Waals surface area contributed by atoms with Gasteiger partial charge >= 0.3 is 6.09 Å². The molecule has 1 heterocycles. The molecule has 4 aromatic rings. The summed E-state index contributed by atoms with van der Waals surface area (Å²) in [4.78, 5) is 32.1. The molecule has 0 spiro atoms. The average Bonchev–Trinajstić information content (AvgIpc) is 3.49. The van der Waals surface area contributed by atoms with Crippen LogP contribution < -0.4 is 20.2 Å². The molecule has 39 heavy (non-hydrogen) atoms. The fourth-order valence-corrected chi connectivity index (χ4v) is 3.52. The number of ether oxygens (including phenoxy) is 3. The summed E-state index contributed by atoms with van der Waals surface area (Å²) in [6, 6.07) is 23.3. The standard InChI is InChI=1S/C29H29N5O5/c1-37-25-11-9-23(10-12-25)18-38-26-13-7-21(8-14-26)16-32-34-28(35)27(15-24-17-30-20-31-24)33-29(36)39-19-22-5-3-2-4-6-22/h2-14,16-17,20,27H,15,18-19H2,1H3,(H,30,31)(H,33,36)(H,34,35)/b32-16-/t27-/m1/s1. The topological polar surface area (TPSA) is 127 Å². The number of hydrazone groups is 1. The van der Waals surface area contributed by atoms with Gasteiger partial charge in [0.25, 0.3) is 5.91 Å². The fraction of sp³-hybridized carbons (Fsp3) is 0.172. The summed E-state index contributed by atoms with van der Waals surface area (Å²) in [6.45, 7) is 0.509. The second kappa shape index (κ2) is 14.0. The third-order valence-electron chi connectivity index (χ3n) is 5.63. The van der Waals surface area contributed by atoms with Gasteiger partial charge in [0.15, 0.2) is 0 Å². The molecule has 0 saturated carbocycles. The van der Waals surface area contributed by atoms with Gasteiger partial charge in [0, 0.05) is 18.3 Å². The van der Waals surface area contributed by atoms with Crippen LogP contribution in [0.4, 0.5) is 4.79 Å². The van der Waals surface area contributed by atoms with Gasteiger partial charge in [-0.2, -0.15) is 5.10 Å². The Hall–Kier alpha value is -5.12. The number of alkyl carbamates (subject to hydrolysis) is 1. The van der Waals surface area contributed by atoms with Crippen LogP contribution in [-0.4, -0.2) is 41.3 Å². The Labute approximate surface area is 226 Å². The van der Waals surface area contributed by atoms with Crippen LogP contribution in [0.3, 0.4) is 0 Å². The van der Waals surface area contributed by atoms with E-state index in [2.05, 4.69) is 25.8 Å². The number of nitrogens with one attached hydrogen (secondary N) is 3. The zero-order valence-electron chi connectivity index (χ0n) is 21.4. The van der Waals surface area contributed by atoms with Crippen LogP contribution >= 0.6 is 0 Å². The first-order valence-corrected chi connectivity index (χ1v) is 12.2. The van der Waals surface area contributed by atoms with Crippen molar-refractivity contribution in [3.05, 3.63) is 114 Å². The zero-order chi connectivity index (χ0) is 27.3. The average molecular weight is 528 g/mol. The summed E-state index contributed by atoms with van der Waals surface area (Å²) in [7, 11) is 1.63. The summed E-state index contributed by atoms with van der Waals surface area (Å²) >= 11 is 0. The molecule has 0 unspecified atom stereocenters. The highest BCUT2D eigenvalue weighted by molar-refractivity contribution is 5.87. The minimum absolute atomic E-state index is 0.0863. The summed E-state index contributed by atoms with van der Waals surface area (Å²) in [5.74, 6) is 0.989. The Morgan fingerprint density at radius 1 is 0.949 bits per heavy atom. The van der Waals surface area contributed by atoms with Crippen molar-refractivity contribution in [2.75, 3.05) is 7.11 Å². The van der Waals surface area contributed by atoms with Crippen molar-refractivity contribution in [1.82, 2.24) is 20.7 Å². The number of carbonyl (C=O) groups is 2. The van der Waals surface area contributed by atoms with Crippen molar-refractivity contribution < 1.29 is 23.8 Å². The van der Waals surface area contributed by atoms with Crippen molar-refractivity contribution >= 4 is 18.2 Å². The summed E-state index contributed by atoms with van der Waals surface area (Å²) in [5, 5.41) is 6.63. The van der Waals surface area contributed by atoms with E-state index in [4.69, 9.17) is 14.2 Å². The third kappa shape index (κ3) is 8.74. The van der Waals surface area contributed by atoms with Gasteiger partial charge in [-0.15, -0.1) is 0 Å². The number of aromatic amines is 1. The lowest BCUT2D eigenvalue weighted by Crippen LogP contribution is -2.47. The van der Waals surface area contributed by atoms with Gasteiger partial charge < -0.3 is 24.5 Å². The van der Waals surface area contributed by atoms with Gasteiger partial charge in [-0.25, -0.2) is 15.2 Å². The second-order valence-corrected chi connectivity index (χ2v) is 8.48. The molecule has 1 atom stereocenters. The highest BCUT2D eigenvalue weighted by Gasteiger charge is 2.22. The van der Waals surface area contributed by atoms with Crippen LogP contribution in [0.15, 0.2) is 96.5 Å². The molecule has 3 aromatic carbocycles. The van der Waals surface area contributed by atoms with Gasteiger partial charge in [0.2, 0.25) is 0 Å². The molecule has 2 amide bonds. The molecule has 0 bridgehead atoms. The summed E-state index contributed by atoms with van der Waals surface area (Å²) in [6.07, 6.45) is 4.06. The van der Waals surface area contributed by atoms with E-state index in [1.54, 1.807) is 13.3 Å². The predicted octanol–water partition coefficient (Wildman–Crippen LogP) is 3.99. The smallest absolute Gasteiger partial charge is 0.408 e. The van der Waals surface area contributed by atoms with Gasteiger partial charge in [0.05, 0.1) is 19.7 Å². The highest BCUT2D eigenvalue weighted by atomic mass is 16.5. The summed E-state index contributed by atoms with van der Waals surface area (Å²) < 4.78 is 16.2. The maximum absolute atomic E-state index is 12.8. The Balaban J connectivity index is 1.28. The molecule has 0 aliphatic heterocycles. The van der Waals surface area contributed by atoms with Crippen molar-refractivity contribution in [2.24, 2.45) is 5.10 Å². The number of aromatic nitrogens is 2. The molecular formula is C29H29N5O5. The van der Waals surface area contributed by atoms with Crippen LogP contribution in [0, 0.1) is 0 Å². The third-order valence-corrected chi connectivity index (χ3v) is 5.63. The molecular weight excluding hydrogens is 498 g/mol. The normalized spacial score (nSPS) is 11.5. The number of hydrogen-bond donors (Lipinski definition) is 3. The van der Waals surface area contributed by atoms with Crippen molar-refractivity contribution in [3.63, 3.8) is 0 Å². The lowest BCUT2D eigenvalue weighted by molar-refractivity contribution is -0.123. The molecule has 200 valence electrons. The Bertz CT molecular complexity index is 1340. The predicted molar refractivity (Wildman–Crippen MR) is 145 cm³/mol. The second-order valence-electron chi connectivity index (χ2n) is 8.48. The number of hydrogen-bond acceptors (Lipinski definition) is 7. The largest absolute Gasteiger partial charge is 0.497 e. The molecule has 0 aliphatic carbocycles. The molecule has 0 aliphatic rings. The number of amides is 2. The van der Waals surface area contributed by atoms with E-state index in [1.807, 2.05) is 78.9 Å². The number of carbonyl (C=O) groups excluding carboxylic acids is 2. The van der Waals surface area contributed by atoms with Gasteiger partial charge in [-0.3, -0.25) is 4.79 Å². The van der Waals surface area contributed by atoms with E-state index in [1.165, 1.54) is 12.5 Å². The van der Waals surface area contributed by atoms with E-state index >= 15 is 0 Å². The zero-order valence-corrected chi connectivity index (χ0v) is 21.4. The monoisotopic (exact) mass is 527 g/mol. The van der Waals surface area contributed by atoms with E-state index in [0.29, 0.717) is 18.1 Å². The van der Waals surface area contributed by atoms with E-state index in [0.717, 1.165) is 22.4 Å².